The Balaban J connectivity index is 2.38. The van der Waals surface area contributed by atoms with Crippen molar-refractivity contribution in [2.75, 3.05) is 0 Å². The van der Waals surface area contributed by atoms with Crippen LogP contribution in [0, 0.1) is 0 Å². The highest BCUT2D eigenvalue weighted by Gasteiger charge is 2.10. The fraction of sp³-hybridized carbons (Fsp3) is 0.133. The van der Waals surface area contributed by atoms with Crippen molar-refractivity contribution in [1.82, 2.24) is 0 Å². The summed E-state index contributed by atoms with van der Waals surface area (Å²) in [5.41, 5.74) is 3.17. The second-order valence-electron chi connectivity index (χ2n) is 4.09. The minimum atomic E-state index is -0.901. The summed E-state index contributed by atoms with van der Waals surface area (Å²) in [5.74, 6) is -0.510. The van der Waals surface area contributed by atoms with Crippen LogP contribution in [0.4, 0.5) is 0 Å². The van der Waals surface area contributed by atoms with E-state index < -0.39 is 5.97 Å². The third kappa shape index (κ3) is 2.90. The molecule has 2 aromatic carbocycles. The summed E-state index contributed by atoms with van der Waals surface area (Å²) in [4.78, 5) is 11.2. The van der Waals surface area contributed by atoms with Crippen LogP contribution in [0.2, 0.25) is 0 Å². The van der Waals surface area contributed by atoms with Crippen LogP contribution in [0.3, 0.4) is 0 Å². The average Bonchev–Trinajstić information content (AvgIpc) is 2.39. The first-order valence-electron chi connectivity index (χ1n) is 5.65. The predicted octanol–water partition coefficient (Wildman–Crippen LogP) is 3.71. The third-order valence-electron chi connectivity index (χ3n) is 2.79. The van der Waals surface area contributed by atoms with Crippen molar-refractivity contribution in [2.45, 2.75) is 12.3 Å². The zero-order chi connectivity index (χ0) is 13.0. The van der Waals surface area contributed by atoms with E-state index in [2.05, 4.69) is 0 Å². The van der Waals surface area contributed by atoms with E-state index in [4.69, 9.17) is 11.6 Å². The first kappa shape index (κ1) is 12.7. The van der Waals surface area contributed by atoms with Crippen LogP contribution in [0.15, 0.2) is 48.5 Å². The van der Waals surface area contributed by atoms with E-state index in [9.17, 15) is 9.90 Å². The summed E-state index contributed by atoms with van der Waals surface area (Å²) in [6, 6.07) is 15.0. The molecule has 0 fully saturated rings. The minimum absolute atomic E-state index is 0.340. The van der Waals surface area contributed by atoms with Crippen molar-refractivity contribution in [3.63, 3.8) is 0 Å². The van der Waals surface area contributed by atoms with Gasteiger partial charge in [0, 0.05) is 5.88 Å². The van der Waals surface area contributed by atoms with Crippen LogP contribution >= 0.6 is 11.6 Å². The Morgan fingerprint density at radius 1 is 1.06 bits per heavy atom. The Morgan fingerprint density at radius 3 is 2.39 bits per heavy atom. The number of benzene rings is 2. The highest BCUT2D eigenvalue weighted by atomic mass is 35.5. The van der Waals surface area contributed by atoms with Gasteiger partial charge in [0.05, 0.1) is 5.56 Å². The molecule has 0 aliphatic carbocycles. The maximum Gasteiger partial charge on any atom is 0.335 e. The molecule has 92 valence electrons. The molecule has 0 unspecified atom stereocenters. The van der Waals surface area contributed by atoms with E-state index in [1.807, 2.05) is 36.4 Å². The van der Waals surface area contributed by atoms with Crippen LogP contribution in [0.5, 0.6) is 0 Å². The van der Waals surface area contributed by atoms with Crippen LogP contribution < -0.4 is 0 Å². The number of carboxylic acid groups (broad SMARTS) is 1. The first-order chi connectivity index (χ1) is 8.70. The van der Waals surface area contributed by atoms with Gasteiger partial charge in [0.1, 0.15) is 0 Å². The molecular formula is C15H13ClO2. The van der Waals surface area contributed by atoms with E-state index in [0.29, 0.717) is 17.9 Å². The molecule has 0 saturated carbocycles. The SMILES string of the molecule is O=C(O)c1ccc(CCl)cc1Cc1ccccc1. The molecule has 0 heterocycles. The van der Waals surface area contributed by atoms with E-state index in [1.54, 1.807) is 12.1 Å². The fourth-order valence-electron chi connectivity index (χ4n) is 1.90. The average molecular weight is 261 g/mol. The monoisotopic (exact) mass is 260 g/mol. The Morgan fingerprint density at radius 2 is 1.78 bits per heavy atom. The number of carbonyl (C=O) groups is 1. The standard InChI is InChI=1S/C15H13ClO2/c16-10-12-6-7-14(15(17)18)13(9-12)8-11-4-2-1-3-5-11/h1-7,9H,8,10H2,(H,17,18). The zero-order valence-corrected chi connectivity index (χ0v) is 10.5. The third-order valence-corrected chi connectivity index (χ3v) is 3.10. The second-order valence-corrected chi connectivity index (χ2v) is 4.36. The lowest BCUT2D eigenvalue weighted by molar-refractivity contribution is 0.0696. The highest BCUT2D eigenvalue weighted by Crippen LogP contribution is 2.18. The van der Waals surface area contributed by atoms with Gasteiger partial charge >= 0.3 is 5.97 Å². The largest absolute Gasteiger partial charge is 0.478 e. The molecule has 3 heteroatoms. The van der Waals surface area contributed by atoms with Crippen LogP contribution in [0.25, 0.3) is 0 Å². The van der Waals surface area contributed by atoms with Gasteiger partial charge in [-0.25, -0.2) is 4.79 Å². The van der Waals surface area contributed by atoms with Crippen LogP contribution in [0.1, 0.15) is 27.0 Å². The van der Waals surface area contributed by atoms with E-state index in [1.165, 1.54) is 0 Å². The predicted molar refractivity (Wildman–Crippen MR) is 72.2 cm³/mol. The smallest absolute Gasteiger partial charge is 0.335 e. The molecule has 2 nitrogen and oxygen atoms in total. The summed E-state index contributed by atoms with van der Waals surface area (Å²) >= 11 is 5.79. The van der Waals surface area contributed by atoms with E-state index in [0.717, 1.165) is 16.7 Å². The number of halogens is 1. The van der Waals surface area contributed by atoms with Gasteiger partial charge in [0.25, 0.3) is 0 Å². The molecule has 18 heavy (non-hydrogen) atoms. The Kier molecular flexibility index (Phi) is 4.00. The number of carboxylic acids is 1. The van der Waals surface area contributed by atoms with Crippen molar-refractivity contribution in [3.05, 3.63) is 70.8 Å². The Labute approximate surface area is 111 Å². The number of alkyl halides is 1. The zero-order valence-electron chi connectivity index (χ0n) is 9.77. The molecule has 0 bridgehead atoms. The molecular weight excluding hydrogens is 248 g/mol. The van der Waals surface area contributed by atoms with Crippen LogP contribution in [-0.4, -0.2) is 11.1 Å². The summed E-state index contributed by atoms with van der Waals surface area (Å²) in [5, 5.41) is 9.17. The first-order valence-corrected chi connectivity index (χ1v) is 6.19. The highest BCUT2D eigenvalue weighted by molar-refractivity contribution is 6.17. The summed E-state index contributed by atoms with van der Waals surface area (Å²) in [6.45, 7) is 0. The molecule has 1 N–H and O–H groups in total. The molecule has 2 aromatic rings. The molecule has 0 aliphatic rings. The summed E-state index contributed by atoms with van der Waals surface area (Å²) in [6.07, 6.45) is 0.604. The van der Waals surface area contributed by atoms with Gasteiger partial charge in [0.2, 0.25) is 0 Å². The Hall–Kier alpha value is -1.80. The van der Waals surface area contributed by atoms with Crippen molar-refractivity contribution >= 4 is 17.6 Å². The van der Waals surface area contributed by atoms with Gasteiger partial charge in [-0.1, -0.05) is 42.5 Å². The van der Waals surface area contributed by atoms with Gasteiger partial charge in [0.15, 0.2) is 0 Å². The molecule has 0 aliphatic heterocycles. The number of rotatable bonds is 4. The molecule has 0 aromatic heterocycles. The number of hydrogen-bond acceptors (Lipinski definition) is 1. The quantitative estimate of drug-likeness (QED) is 0.851. The van der Waals surface area contributed by atoms with Crippen molar-refractivity contribution in [3.8, 4) is 0 Å². The molecule has 0 saturated heterocycles. The van der Waals surface area contributed by atoms with Gasteiger partial charge in [-0.2, -0.15) is 0 Å². The second kappa shape index (κ2) is 5.69. The molecule has 0 amide bonds. The lowest BCUT2D eigenvalue weighted by Gasteiger charge is -2.08. The van der Waals surface area contributed by atoms with Gasteiger partial charge in [-0.05, 0) is 29.2 Å². The minimum Gasteiger partial charge on any atom is -0.478 e. The van der Waals surface area contributed by atoms with E-state index in [-0.39, 0.29) is 0 Å². The van der Waals surface area contributed by atoms with Crippen molar-refractivity contribution in [1.29, 1.82) is 0 Å². The number of aromatic carboxylic acids is 1. The Bertz CT molecular complexity index is 550. The van der Waals surface area contributed by atoms with Gasteiger partial charge < -0.3 is 5.11 Å². The van der Waals surface area contributed by atoms with Crippen molar-refractivity contribution in [2.24, 2.45) is 0 Å². The molecule has 0 spiro atoms. The maximum atomic E-state index is 11.2. The van der Waals surface area contributed by atoms with E-state index >= 15 is 0 Å². The lowest BCUT2D eigenvalue weighted by atomic mass is 9.98. The van der Waals surface area contributed by atoms with Crippen molar-refractivity contribution < 1.29 is 9.90 Å². The summed E-state index contributed by atoms with van der Waals surface area (Å²) in [7, 11) is 0. The normalized spacial score (nSPS) is 10.3. The fourth-order valence-corrected chi connectivity index (χ4v) is 2.07. The summed E-state index contributed by atoms with van der Waals surface area (Å²) < 4.78 is 0. The van der Waals surface area contributed by atoms with Crippen LogP contribution in [-0.2, 0) is 12.3 Å². The lowest BCUT2D eigenvalue weighted by Crippen LogP contribution is -2.04. The number of hydrogen-bond donors (Lipinski definition) is 1. The maximum absolute atomic E-state index is 11.2. The van der Waals surface area contributed by atoms with Gasteiger partial charge in [-0.15, -0.1) is 11.6 Å². The molecule has 0 radical (unpaired) electrons. The molecule has 0 atom stereocenters. The van der Waals surface area contributed by atoms with Gasteiger partial charge in [-0.3, -0.25) is 0 Å². The molecule has 2 rings (SSSR count). The topological polar surface area (TPSA) is 37.3 Å².